The number of anilines is 1. The fraction of sp³-hybridized carbons (Fsp3) is 0.500. The maximum absolute atomic E-state index is 5.47. The summed E-state index contributed by atoms with van der Waals surface area (Å²) in [5, 5.41) is 3.32. The Morgan fingerprint density at radius 2 is 2.25 bits per heavy atom. The van der Waals surface area contributed by atoms with Gasteiger partial charge in [0.05, 0.1) is 17.6 Å². The van der Waals surface area contributed by atoms with Gasteiger partial charge in [-0.05, 0) is 30.9 Å². The highest BCUT2D eigenvalue weighted by Gasteiger charge is 1.98. The molecule has 1 aromatic heterocycles. The van der Waals surface area contributed by atoms with E-state index in [2.05, 4.69) is 24.1 Å². The predicted octanol–water partition coefficient (Wildman–Crippen LogP) is 2.56. The molecular formula is C12H19N3S. The van der Waals surface area contributed by atoms with E-state index in [0.717, 1.165) is 18.2 Å². The van der Waals surface area contributed by atoms with Crippen LogP contribution in [0.25, 0.3) is 0 Å². The summed E-state index contributed by atoms with van der Waals surface area (Å²) in [6, 6.07) is 3.80. The summed E-state index contributed by atoms with van der Waals surface area (Å²) < 4.78 is 0. The average molecular weight is 237 g/mol. The number of nitrogens with two attached hydrogens (primary N) is 1. The standard InChI is InChI=1S/C12H19N3S/c1-9(2)4-3-7-14-10-5-6-11(12(13)16)15-8-10/h5-6,8-9,14H,3-4,7H2,1-2H3,(H2,13,16). The molecule has 0 spiro atoms. The molecule has 1 aromatic rings. The van der Waals surface area contributed by atoms with E-state index >= 15 is 0 Å². The summed E-state index contributed by atoms with van der Waals surface area (Å²) in [4.78, 5) is 4.50. The number of aromatic nitrogens is 1. The van der Waals surface area contributed by atoms with Crippen LogP contribution in [0, 0.1) is 5.92 Å². The molecule has 1 heterocycles. The molecule has 3 N–H and O–H groups in total. The number of thiocarbonyl (C=S) groups is 1. The van der Waals surface area contributed by atoms with Gasteiger partial charge in [0.2, 0.25) is 0 Å². The Morgan fingerprint density at radius 1 is 1.50 bits per heavy atom. The molecular weight excluding hydrogens is 218 g/mol. The first-order valence-electron chi connectivity index (χ1n) is 5.59. The Labute approximate surface area is 102 Å². The molecule has 16 heavy (non-hydrogen) atoms. The summed E-state index contributed by atoms with van der Waals surface area (Å²) in [5.74, 6) is 0.761. The summed E-state index contributed by atoms with van der Waals surface area (Å²) >= 11 is 4.84. The van der Waals surface area contributed by atoms with Crippen molar-refractivity contribution in [3.8, 4) is 0 Å². The maximum atomic E-state index is 5.47. The average Bonchev–Trinajstić information content (AvgIpc) is 2.25. The third kappa shape index (κ3) is 4.57. The van der Waals surface area contributed by atoms with Gasteiger partial charge in [-0.15, -0.1) is 0 Å². The van der Waals surface area contributed by atoms with Crippen LogP contribution < -0.4 is 11.1 Å². The largest absolute Gasteiger partial charge is 0.388 e. The molecule has 0 saturated carbocycles. The van der Waals surface area contributed by atoms with Crippen LogP contribution in [-0.2, 0) is 0 Å². The quantitative estimate of drug-likeness (QED) is 0.590. The second kappa shape index (κ2) is 6.43. The zero-order valence-corrected chi connectivity index (χ0v) is 10.7. The molecule has 0 amide bonds. The molecule has 0 aromatic carbocycles. The Bertz CT molecular complexity index is 333. The van der Waals surface area contributed by atoms with Crippen molar-refractivity contribution in [2.45, 2.75) is 26.7 Å². The highest BCUT2D eigenvalue weighted by Crippen LogP contribution is 2.08. The molecule has 0 atom stereocenters. The van der Waals surface area contributed by atoms with Crippen LogP contribution in [-0.4, -0.2) is 16.5 Å². The first kappa shape index (κ1) is 12.9. The molecule has 0 radical (unpaired) electrons. The molecule has 0 fully saturated rings. The van der Waals surface area contributed by atoms with Crippen molar-refractivity contribution in [1.29, 1.82) is 0 Å². The third-order valence-electron chi connectivity index (χ3n) is 2.30. The van der Waals surface area contributed by atoms with Crippen LogP contribution in [0.5, 0.6) is 0 Å². The van der Waals surface area contributed by atoms with Gasteiger partial charge in [0.1, 0.15) is 4.99 Å². The zero-order chi connectivity index (χ0) is 12.0. The molecule has 0 bridgehead atoms. The Morgan fingerprint density at radius 3 is 2.75 bits per heavy atom. The van der Waals surface area contributed by atoms with Crippen molar-refractivity contribution in [3.63, 3.8) is 0 Å². The van der Waals surface area contributed by atoms with Gasteiger partial charge < -0.3 is 11.1 Å². The van der Waals surface area contributed by atoms with Crippen molar-refractivity contribution in [1.82, 2.24) is 4.98 Å². The van der Waals surface area contributed by atoms with E-state index in [-0.39, 0.29) is 0 Å². The highest BCUT2D eigenvalue weighted by atomic mass is 32.1. The number of rotatable bonds is 6. The lowest BCUT2D eigenvalue weighted by atomic mass is 10.1. The Balaban J connectivity index is 2.35. The summed E-state index contributed by atoms with van der Waals surface area (Å²) in [7, 11) is 0. The van der Waals surface area contributed by atoms with Crippen molar-refractivity contribution in [3.05, 3.63) is 24.0 Å². The first-order chi connectivity index (χ1) is 7.59. The third-order valence-corrected chi connectivity index (χ3v) is 2.51. The lowest BCUT2D eigenvalue weighted by molar-refractivity contribution is 0.567. The smallest absolute Gasteiger partial charge is 0.122 e. The maximum Gasteiger partial charge on any atom is 0.122 e. The Hall–Kier alpha value is -1.16. The lowest BCUT2D eigenvalue weighted by Gasteiger charge is -2.07. The second-order valence-electron chi connectivity index (χ2n) is 4.26. The summed E-state index contributed by atoms with van der Waals surface area (Å²) in [6.07, 6.45) is 4.18. The van der Waals surface area contributed by atoms with Gasteiger partial charge in [-0.2, -0.15) is 0 Å². The number of nitrogens with one attached hydrogen (secondary N) is 1. The molecule has 0 aliphatic rings. The topological polar surface area (TPSA) is 50.9 Å². The van der Waals surface area contributed by atoms with Crippen LogP contribution in [0.1, 0.15) is 32.4 Å². The molecule has 0 aliphatic carbocycles. The molecule has 88 valence electrons. The fourth-order valence-corrected chi connectivity index (χ4v) is 1.51. The minimum Gasteiger partial charge on any atom is -0.388 e. The van der Waals surface area contributed by atoms with E-state index < -0.39 is 0 Å². The SMILES string of the molecule is CC(C)CCCNc1ccc(C(N)=S)nc1. The van der Waals surface area contributed by atoms with E-state index in [4.69, 9.17) is 18.0 Å². The fourth-order valence-electron chi connectivity index (χ4n) is 1.39. The summed E-state index contributed by atoms with van der Waals surface area (Å²) in [6.45, 7) is 5.45. The molecule has 0 saturated heterocycles. The number of hydrogen-bond acceptors (Lipinski definition) is 3. The molecule has 0 aliphatic heterocycles. The Kier molecular flexibility index (Phi) is 5.19. The van der Waals surface area contributed by atoms with Gasteiger partial charge in [0, 0.05) is 6.54 Å². The van der Waals surface area contributed by atoms with E-state index in [1.807, 2.05) is 12.1 Å². The predicted molar refractivity (Wildman–Crippen MR) is 72.7 cm³/mol. The number of pyridine rings is 1. The van der Waals surface area contributed by atoms with Crippen LogP contribution in [0.3, 0.4) is 0 Å². The van der Waals surface area contributed by atoms with Crippen molar-refractivity contribution in [2.24, 2.45) is 11.7 Å². The van der Waals surface area contributed by atoms with Gasteiger partial charge in [-0.3, -0.25) is 4.98 Å². The molecule has 3 nitrogen and oxygen atoms in total. The van der Waals surface area contributed by atoms with E-state index in [9.17, 15) is 0 Å². The van der Waals surface area contributed by atoms with Gasteiger partial charge in [-0.1, -0.05) is 26.1 Å². The van der Waals surface area contributed by atoms with Gasteiger partial charge >= 0.3 is 0 Å². The lowest BCUT2D eigenvalue weighted by Crippen LogP contribution is -2.11. The minimum atomic E-state index is 0.339. The molecule has 0 unspecified atom stereocenters. The van der Waals surface area contributed by atoms with Crippen molar-refractivity contribution in [2.75, 3.05) is 11.9 Å². The normalized spacial score (nSPS) is 10.4. The number of hydrogen-bond donors (Lipinski definition) is 2. The van der Waals surface area contributed by atoms with Crippen molar-refractivity contribution >= 4 is 22.9 Å². The van der Waals surface area contributed by atoms with Gasteiger partial charge in [-0.25, -0.2) is 0 Å². The van der Waals surface area contributed by atoms with Gasteiger partial charge in [0.15, 0.2) is 0 Å². The van der Waals surface area contributed by atoms with E-state index in [1.54, 1.807) is 6.20 Å². The van der Waals surface area contributed by atoms with E-state index in [0.29, 0.717) is 10.7 Å². The van der Waals surface area contributed by atoms with Gasteiger partial charge in [0.25, 0.3) is 0 Å². The molecule has 1 rings (SSSR count). The zero-order valence-electron chi connectivity index (χ0n) is 9.86. The number of nitrogens with zero attached hydrogens (tertiary/aromatic N) is 1. The minimum absolute atomic E-state index is 0.339. The van der Waals surface area contributed by atoms with Crippen LogP contribution >= 0.6 is 12.2 Å². The van der Waals surface area contributed by atoms with Crippen LogP contribution in [0.4, 0.5) is 5.69 Å². The van der Waals surface area contributed by atoms with Crippen LogP contribution in [0.2, 0.25) is 0 Å². The summed E-state index contributed by atoms with van der Waals surface area (Å²) in [5.41, 5.74) is 7.15. The van der Waals surface area contributed by atoms with Crippen LogP contribution in [0.15, 0.2) is 18.3 Å². The first-order valence-corrected chi connectivity index (χ1v) is 6.00. The second-order valence-corrected chi connectivity index (χ2v) is 4.70. The van der Waals surface area contributed by atoms with Crippen molar-refractivity contribution < 1.29 is 0 Å². The molecule has 4 heteroatoms. The monoisotopic (exact) mass is 237 g/mol. The van der Waals surface area contributed by atoms with E-state index in [1.165, 1.54) is 12.8 Å². The highest BCUT2D eigenvalue weighted by molar-refractivity contribution is 7.80.